The second-order valence-electron chi connectivity index (χ2n) is 8.87. The Morgan fingerprint density at radius 2 is 1.26 bits per heavy atom. The van der Waals surface area contributed by atoms with Gasteiger partial charge in [-0.1, -0.05) is 18.7 Å². The van der Waals surface area contributed by atoms with Crippen molar-refractivity contribution in [2.75, 3.05) is 22.9 Å². The topological polar surface area (TPSA) is 123 Å². The van der Waals surface area contributed by atoms with Crippen LogP contribution in [0.5, 0.6) is 5.75 Å². The van der Waals surface area contributed by atoms with E-state index in [1.807, 2.05) is 0 Å². The van der Waals surface area contributed by atoms with E-state index >= 15 is 0 Å². The Labute approximate surface area is 250 Å². The second kappa shape index (κ2) is 12.4. The van der Waals surface area contributed by atoms with Crippen LogP contribution < -0.4 is 27.7 Å². The summed E-state index contributed by atoms with van der Waals surface area (Å²) in [4.78, 5) is 2.83. The van der Waals surface area contributed by atoms with Gasteiger partial charge in [0.25, 0.3) is 0 Å². The third-order valence-electron chi connectivity index (χ3n) is 5.91. The van der Waals surface area contributed by atoms with Crippen LogP contribution >= 0.6 is 22.7 Å². The summed E-state index contributed by atoms with van der Waals surface area (Å²) in [6.07, 6.45) is -4.33. The highest BCUT2D eigenvalue weighted by Crippen LogP contribution is 2.50. The number of allylic oxidation sites excluding steroid dienone is 4. The summed E-state index contributed by atoms with van der Waals surface area (Å²) in [5.41, 5.74) is 28.1. The summed E-state index contributed by atoms with van der Waals surface area (Å²) in [5.74, 6) is -0.747. The largest absolute Gasteiger partial charge is 0.573 e. The SMILES string of the molecule is C=C/C=C(\C=C/Cc1ccc(-c2c(N)c(N)c(-c3ccc(-c4ccc(OC(F)(F)F)cc4)s3)c(N)c2N)s1)OC(F)(F)F. The van der Waals surface area contributed by atoms with Crippen LogP contribution in [0.4, 0.5) is 49.1 Å². The monoisotopic (exact) mass is 638 g/mol. The molecule has 2 heterocycles. The minimum atomic E-state index is -4.83. The van der Waals surface area contributed by atoms with E-state index in [0.717, 1.165) is 15.8 Å². The van der Waals surface area contributed by atoms with Gasteiger partial charge in [0.15, 0.2) is 0 Å². The lowest BCUT2D eigenvalue weighted by molar-refractivity contribution is -0.303. The molecule has 0 spiro atoms. The van der Waals surface area contributed by atoms with Gasteiger partial charge in [-0.3, -0.25) is 0 Å². The maximum Gasteiger partial charge on any atom is 0.573 e. The van der Waals surface area contributed by atoms with Gasteiger partial charge in [-0.05, 0) is 66.2 Å². The van der Waals surface area contributed by atoms with E-state index in [-0.39, 0.29) is 28.5 Å². The Hall–Kier alpha value is -4.56. The number of alkyl halides is 6. The predicted molar refractivity (Wildman–Crippen MR) is 161 cm³/mol. The molecule has 0 aliphatic rings. The van der Waals surface area contributed by atoms with Gasteiger partial charge in [0.1, 0.15) is 11.5 Å². The molecule has 0 aliphatic carbocycles. The summed E-state index contributed by atoms with van der Waals surface area (Å²) in [6.45, 7) is 3.38. The maximum absolute atomic E-state index is 12.6. The molecule has 0 bridgehead atoms. The molecule has 8 N–H and O–H groups in total. The molecule has 4 rings (SSSR count). The number of hydrogen-bond acceptors (Lipinski definition) is 8. The van der Waals surface area contributed by atoms with Crippen molar-refractivity contribution in [2.24, 2.45) is 0 Å². The summed E-state index contributed by atoms with van der Waals surface area (Å²) < 4.78 is 83.0. The van der Waals surface area contributed by atoms with Crippen molar-refractivity contribution in [2.45, 2.75) is 19.1 Å². The standard InChI is InChI=1S/C29H24F6N4O2S2/c1-2-4-16(40-28(30,31)32)5-3-6-18-11-12-20(42-18)22-24(36)26(38)23(27(39)25(22)37)21-14-13-19(43-21)15-7-9-17(10-8-15)41-29(33,34)35/h2-5,7-14H,1,6,36-39H2/b5-3-,16-4+. The first-order chi connectivity index (χ1) is 20.2. The fourth-order valence-electron chi connectivity index (χ4n) is 4.09. The minimum Gasteiger partial charge on any atom is -0.406 e. The molecule has 43 heavy (non-hydrogen) atoms. The number of nitrogen functional groups attached to an aromatic ring is 4. The third-order valence-corrected chi connectivity index (χ3v) is 8.18. The van der Waals surface area contributed by atoms with Crippen LogP contribution in [0, 0.1) is 0 Å². The van der Waals surface area contributed by atoms with E-state index in [1.165, 1.54) is 65.2 Å². The van der Waals surface area contributed by atoms with Crippen LogP contribution in [0.15, 0.2) is 85.2 Å². The van der Waals surface area contributed by atoms with Gasteiger partial charge < -0.3 is 32.4 Å². The average Bonchev–Trinajstić information content (AvgIpc) is 3.57. The van der Waals surface area contributed by atoms with E-state index in [2.05, 4.69) is 16.1 Å². The molecular formula is C29H24F6N4O2S2. The van der Waals surface area contributed by atoms with Gasteiger partial charge in [0.2, 0.25) is 0 Å². The normalized spacial score (nSPS) is 12.6. The first-order valence-electron chi connectivity index (χ1n) is 12.2. The Balaban J connectivity index is 1.58. The highest BCUT2D eigenvalue weighted by molar-refractivity contribution is 7.19. The predicted octanol–water partition coefficient (Wildman–Crippen LogP) is 8.74. The zero-order valence-electron chi connectivity index (χ0n) is 22.1. The van der Waals surface area contributed by atoms with Crippen molar-refractivity contribution >= 4 is 45.4 Å². The lowest BCUT2D eigenvalue weighted by Gasteiger charge is -2.17. The maximum atomic E-state index is 12.6. The molecule has 0 saturated carbocycles. The molecule has 4 aromatic rings. The van der Waals surface area contributed by atoms with Gasteiger partial charge >= 0.3 is 12.7 Å². The Morgan fingerprint density at radius 3 is 1.79 bits per heavy atom. The summed E-state index contributed by atoms with van der Waals surface area (Å²) >= 11 is 2.61. The second-order valence-corrected chi connectivity index (χ2v) is 11.1. The third kappa shape index (κ3) is 7.64. The number of halogens is 6. The molecule has 0 unspecified atom stereocenters. The average molecular weight is 639 g/mol. The van der Waals surface area contributed by atoms with Crippen LogP contribution in [0.2, 0.25) is 0 Å². The lowest BCUT2D eigenvalue weighted by atomic mass is 9.99. The number of benzene rings is 2. The van der Waals surface area contributed by atoms with Crippen molar-refractivity contribution in [3.05, 3.63) is 90.1 Å². The Bertz CT molecular complexity index is 1660. The highest BCUT2D eigenvalue weighted by Gasteiger charge is 2.32. The minimum absolute atomic E-state index is 0.197. The van der Waals surface area contributed by atoms with E-state index in [4.69, 9.17) is 22.9 Å². The molecule has 14 heteroatoms. The first kappa shape index (κ1) is 31.4. The van der Waals surface area contributed by atoms with Crippen LogP contribution in [0.3, 0.4) is 0 Å². The number of nitrogens with two attached hydrogens (primary N) is 4. The lowest BCUT2D eigenvalue weighted by Crippen LogP contribution is -2.16. The van der Waals surface area contributed by atoms with Gasteiger partial charge in [0.05, 0.1) is 22.7 Å². The van der Waals surface area contributed by atoms with Crippen LogP contribution in [-0.2, 0) is 11.2 Å². The van der Waals surface area contributed by atoms with Crippen molar-refractivity contribution < 1.29 is 35.8 Å². The summed E-state index contributed by atoms with van der Waals surface area (Å²) in [7, 11) is 0. The van der Waals surface area contributed by atoms with E-state index in [1.54, 1.807) is 24.3 Å². The molecule has 226 valence electrons. The molecular weight excluding hydrogens is 614 g/mol. The molecule has 0 radical (unpaired) electrons. The van der Waals surface area contributed by atoms with Crippen molar-refractivity contribution in [1.82, 2.24) is 0 Å². The molecule has 2 aromatic heterocycles. The van der Waals surface area contributed by atoms with Crippen LogP contribution in [0.25, 0.3) is 31.3 Å². The highest BCUT2D eigenvalue weighted by atomic mass is 32.1. The molecule has 0 aliphatic heterocycles. The van der Waals surface area contributed by atoms with E-state index in [0.29, 0.717) is 32.9 Å². The van der Waals surface area contributed by atoms with E-state index in [9.17, 15) is 26.3 Å². The van der Waals surface area contributed by atoms with Crippen molar-refractivity contribution in [3.63, 3.8) is 0 Å². The van der Waals surface area contributed by atoms with Crippen LogP contribution in [0.1, 0.15) is 4.88 Å². The van der Waals surface area contributed by atoms with Gasteiger partial charge in [-0.25, -0.2) is 0 Å². The van der Waals surface area contributed by atoms with Crippen molar-refractivity contribution in [3.8, 4) is 37.1 Å². The summed E-state index contributed by atoms with van der Waals surface area (Å²) in [6, 6.07) is 12.5. The zero-order valence-corrected chi connectivity index (χ0v) is 23.7. The Morgan fingerprint density at radius 1 is 0.721 bits per heavy atom. The number of rotatable bonds is 9. The van der Waals surface area contributed by atoms with Gasteiger partial charge in [-0.2, -0.15) is 0 Å². The summed E-state index contributed by atoms with van der Waals surface area (Å²) in [5, 5.41) is 0. The molecule has 0 atom stereocenters. The molecule has 0 amide bonds. The smallest absolute Gasteiger partial charge is 0.406 e. The zero-order chi connectivity index (χ0) is 31.5. The first-order valence-corrected chi connectivity index (χ1v) is 13.9. The van der Waals surface area contributed by atoms with Crippen LogP contribution in [-0.4, -0.2) is 12.7 Å². The quantitative estimate of drug-likeness (QED) is 0.0629. The fraction of sp³-hybridized carbons (Fsp3) is 0.103. The Kier molecular flexibility index (Phi) is 9.01. The number of ether oxygens (including phenoxy) is 2. The van der Waals surface area contributed by atoms with E-state index < -0.39 is 18.5 Å². The molecule has 6 nitrogen and oxygen atoms in total. The van der Waals surface area contributed by atoms with Gasteiger partial charge in [-0.15, -0.1) is 49.0 Å². The fourth-order valence-corrected chi connectivity index (χ4v) is 6.24. The van der Waals surface area contributed by atoms with Gasteiger partial charge in [0, 0.05) is 37.1 Å². The molecule has 0 fully saturated rings. The number of anilines is 4. The molecule has 0 saturated heterocycles. The number of hydrogen-bond donors (Lipinski definition) is 4. The van der Waals surface area contributed by atoms with Crippen molar-refractivity contribution in [1.29, 1.82) is 0 Å². The molecule has 2 aromatic carbocycles. The number of thiophene rings is 2.